The number of anilines is 1. The van der Waals surface area contributed by atoms with Gasteiger partial charge in [-0.2, -0.15) is 0 Å². The number of hydrogen-bond acceptors (Lipinski definition) is 3. The van der Waals surface area contributed by atoms with Gasteiger partial charge in [-0.1, -0.05) is 44.2 Å². The standard InChI is InChI=1S/C25H33N3O2/c1-18(2)12-15-26-24(29)22-10-6-7-11-23(22)28-16-13-20(14-17-28)27-25(30)21-9-5-4-8-19(21)3/h4-11,18,20H,12-17H2,1-3H3,(H,26,29)(H,27,30). The molecule has 1 aliphatic rings. The Morgan fingerprint density at radius 2 is 1.60 bits per heavy atom. The second-order valence-corrected chi connectivity index (χ2v) is 8.51. The number of hydrogen-bond donors (Lipinski definition) is 2. The highest BCUT2D eigenvalue weighted by Gasteiger charge is 2.24. The number of amides is 2. The molecule has 0 aliphatic carbocycles. The topological polar surface area (TPSA) is 61.4 Å². The molecule has 0 saturated carbocycles. The number of para-hydroxylation sites is 1. The number of carbonyl (C=O) groups excluding carboxylic acids is 2. The van der Waals surface area contributed by atoms with E-state index < -0.39 is 0 Å². The summed E-state index contributed by atoms with van der Waals surface area (Å²) in [5.74, 6) is 0.548. The van der Waals surface area contributed by atoms with Gasteiger partial charge in [-0.05, 0) is 55.9 Å². The molecule has 2 amide bonds. The second-order valence-electron chi connectivity index (χ2n) is 8.51. The molecule has 0 spiro atoms. The van der Waals surface area contributed by atoms with Crippen molar-refractivity contribution in [3.8, 4) is 0 Å². The lowest BCUT2D eigenvalue weighted by Crippen LogP contribution is -2.45. The van der Waals surface area contributed by atoms with Gasteiger partial charge in [-0.3, -0.25) is 9.59 Å². The molecule has 0 aromatic heterocycles. The minimum atomic E-state index is -0.0128. The van der Waals surface area contributed by atoms with Crippen LogP contribution in [0.3, 0.4) is 0 Å². The van der Waals surface area contributed by atoms with Crippen LogP contribution in [0.5, 0.6) is 0 Å². The first-order valence-corrected chi connectivity index (χ1v) is 10.9. The minimum Gasteiger partial charge on any atom is -0.371 e. The van der Waals surface area contributed by atoms with Crippen LogP contribution in [-0.4, -0.2) is 37.5 Å². The van der Waals surface area contributed by atoms with Gasteiger partial charge in [0.15, 0.2) is 0 Å². The molecule has 1 saturated heterocycles. The van der Waals surface area contributed by atoms with E-state index in [1.807, 2.05) is 55.5 Å². The van der Waals surface area contributed by atoms with Crippen LogP contribution in [-0.2, 0) is 0 Å². The maximum absolute atomic E-state index is 12.7. The van der Waals surface area contributed by atoms with Crippen LogP contribution in [0.1, 0.15) is 59.4 Å². The smallest absolute Gasteiger partial charge is 0.253 e. The third kappa shape index (κ3) is 5.62. The summed E-state index contributed by atoms with van der Waals surface area (Å²) >= 11 is 0. The highest BCUT2D eigenvalue weighted by Crippen LogP contribution is 2.24. The van der Waals surface area contributed by atoms with Crippen LogP contribution < -0.4 is 15.5 Å². The molecule has 3 rings (SSSR count). The number of piperidine rings is 1. The van der Waals surface area contributed by atoms with Gasteiger partial charge in [0, 0.05) is 36.9 Å². The number of nitrogens with zero attached hydrogens (tertiary/aromatic N) is 1. The Morgan fingerprint density at radius 1 is 0.967 bits per heavy atom. The third-order valence-electron chi connectivity index (χ3n) is 5.72. The first kappa shape index (κ1) is 21.9. The molecule has 1 heterocycles. The molecule has 2 aromatic carbocycles. The summed E-state index contributed by atoms with van der Waals surface area (Å²) in [4.78, 5) is 27.6. The zero-order valence-electron chi connectivity index (χ0n) is 18.3. The summed E-state index contributed by atoms with van der Waals surface area (Å²) < 4.78 is 0. The largest absolute Gasteiger partial charge is 0.371 e. The van der Waals surface area contributed by atoms with Crippen LogP contribution in [0.15, 0.2) is 48.5 Å². The van der Waals surface area contributed by atoms with E-state index in [9.17, 15) is 9.59 Å². The van der Waals surface area contributed by atoms with E-state index in [-0.39, 0.29) is 17.9 Å². The quantitative estimate of drug-likeness (QED) is 0.724. The number of aryl methyl sites for hydroxylation is 1. The van der Waals surface area contributed by atoms with Gasteiger partial charge in [-0.25, -0.2) is 0 Å². The molecule has 5 heteroatoms. The summed E-state index contributed by atoms with van der Waals surface area (Å²) in [6.45, 7) is 8.59. The minimum absolute atomic E-state index is 0.00326. The fourth-order valence-electron chi connectivity index (χ4n) is 3.87. The van der Waals surface area contributed by atoms with Crippen LogP contribution in [0, 0.1) is 12.8 Å². The van der Waals surface area contributed by atoms with Gasteiger partial charge >= 0.3 is 0 Å². The van der Waals surface area contributed by atoms with Gasteiger partial charge in [0.2, 0.25) is 0 Å². The highest BCUT2D eigenvalue weighted by molar-refractivity contribution is 6.00. The number of carbonyl (C=O) groups is 2. The van der Waals surface area contributed by atoms with Crippen molar-refractivity contribution in [1.82, 2.24) is 10.6 Å². The van der Waals surface area contributed by atoms with Crippen molar-refractivity contribution in [1.29, 1.82) is 0 Å². The molecule has 2 aromatic rings. The normalized spacial score (nSPS) is 14.6. The Bertz CT molecular complexity index is 870. The van der Waals surface area contributed by atoms with Gasteiger partial charge in [0.05, 0.1) is 5.56 Å². The molecule has 1 aliphatic heterocycles. The molecule has 0 unspecified atom stereocenters. The first-order valence-electron chi connectivity index (χ1n) is 10.9. The van der Waals surface area contributed by atoms with E-state index in [0.717, 1.165) is 54.7 Å². The molecule has 0 bridgehead atoms. The van der Waals surface area contributed by atoms with E-state index >= 15 is 0 Å². The average Bonchev–Trinajstić information content (AvgIpc) is 2.74. The summed E-state index contributed by atoms with van der Waals surface area (Å²) in [7, 11) is 0. The third-order valence-corrected chi connectivity index (χ3v) is 5.72. The SMILES string of the molecule is Cc1ccccc1C(=O)NC1CCN(c2ccccc2C(=O)NCCC(C)C)CC1. The predicted octanol–water partition coefficient (Wildman–Crippen LogP) is 4.17. The van der Waals surface area contributed by atoms with Crippen LogP contribution in [0.2, 0.25) is 0 Å². The maximum atomic E-state index is 12.7. The second kappa shape index (κ2) is 10.3. The first-order chi connectivity index (χ1) is 14.5. The fourth-order valence-corrected chi connectivity index (χ4v) is 3.87. The van der Waals surface area contributed by atoms with Gasteiger partial charge in [0.25, 0.3) is 11.8 Å². The Labute approximate surface area is 179 Å². The average molecular weight is 408 g/mol. The molecule has 160 valence electrons. The van der Waals surface area contributed by atoms with Crippen molar-refractivity contribution >= 4 is 17.5 Å². The molecule has 0 radical (unpaired) electrons. The van der Waals surface area contributed by atoms with Crippen LogP contribution in [0.4, 0.5) is 5.69 Å². The van der Waals surface area contributed by atoms with E-state index in [1.165, 1.54) is 0 Å². The number of rotatable bonds is 7. The lowest BCUT2D eigenvalue weighted by molar-refractivity contribution is 0.0929. The molecule has 1 fully saturated rings. The molecular formula is C25H33N3O2. The lowest BCUT2D eigenvalue weighted by Gasteiger charge is -2.35. The summed E-state index contributed by atoms with van der Waals surface area (Å²) in [6.07, 6.45) is 2.70. The summed E-state index contributed by atoms with van der Waals surface area (Å²) in [5.41, 5.74) is 3.43. The van der Waals surface area contributed by atoms with Crippen LogP contribution >= 0.6 is 0 Å². The molecule has 30 heavy (non-hydrogen) atoms. The van der Waals surface area contributed by atoms with Crippen molar-refractivity contribution in [2.45, 2.75) is 46.1 Å². The summed E-state index contributed by atoms with van der Waals surface area (Å²) in [5, 5.41) is 6.22. The zero-order valence-corrected chi connectivity index (χ0v) is 18.3. The zero-order chi connectivity index (χ0) is 21.5. The molecular weight excluding hydrogens is 374 g/mol. The van der Waals surface area contributed by atoms with Gasteiger partial charge in [-0.15, -0.1) is 0 Å². The van der Waals surface area contributed by atoms with Crippen molar-refractivity contribution < 1.29 is 9.59 Å². The molecule has 0 atom stereocenters. The van der Waals surface area contributed by atoms with E-state index in [4.69, 9.17) is 0 Å². The Balaban J connectivity index is 1.58. The van der Waals surface area contributed by atoms with E-state index in [0.29, 0.717) is 12.5 Å². The molecule has 2 N–H and O–H groups in total. The Hall–Kier alpha value is -2.82. The predicted molar refractivity (Wildman–Crippen MR) is 122 cm³/mol. The fraction of sp³-hybridized carbons (Fsp3) is 0.440. The number of benzene rings is 2. The van der Waals surface area contributed by atoms with Crippen molar-refractivity contribution in [2.75, 3.05) is 24.5 Å². The maximum Gasteiger partial charge on any atom is 0.253 e. The summed E-state index contributed by atoms with van der Waals surface area (Å²) in [6, 6.07) is 15.6. The van der Waals surface area contributed by atoms with Gasteiger partial charge in [0.1, 0.15) is 0 Å². The van der Waals surface area contributed by atoms with Crippen molar-refractivity contribution in [3.05, 3.63) is 65.2 Å². The van der Waals surface area contributed by atoms with Crippen molar-refractivity contribution in [2.24, 2.45) is 5.92 Å². The lowest BCUT2D eigenvalue weighted by atomic mass is 10.0. The monoisotopic (exact) mass is 407 g/mol. The van der Waals surface area contributed by atoms with Crippen molar-refractivity contribution in [3.63, 3.8) is 0 Å². The Morgan fingerprint density at radius 3 is 2.27 bits per heavy atom. The number of nitrogens with one attached hydrogen (secondary N) is 2. The highest BCUT2D eigenvalue weighted by atomic mass is 16.2. The van der Waals surface area contributed by atoms with E-state index in [2.05, 4.69) is 29.4 Å². The Kier molecular flexibility index (Phi) is 7.50. The van der Waals surface area contributed by atoms with Gasteiger partial charge < -0.3 is 15.5 Å². The van der Waals surface area contributed by atoms with Crippen LogP contribution in [0.25, 0.3) is 0 Å². The molecule has 5 nitrogen and oxygen atoms in total. The van der Waals surface area contributed by atoms with E-state index in [1.54, 1.807) is 0 Å².